The van der Waals surface area contributed by atoms with Crippen molar-refractivity contribution in [2.75, 3.05) is 32.8 Å². The largest absolute Gasteiger partial charge is 0.494 e. The smallest absolute Gasteiger partial charge is 0.253 e. The molecule has 0 radical (unpaired) electrons. The summed E-state index contributed by atoms with van der Waals surface area (Å²) in [6.45, 7) is 10.8. The number of piperazine rings is 1. The maximum Gasteiger partial charge on any atom is 0.253 e. The van der Waals surface area contributed by atoms with Crippen molar-refractivity contribution < 1.29 is 14.1 Å². The van der Waals surface area contributed by atoms with E-state index in [0.29, 0.717) is 0 Å². The van der Waals surface area contributed by atoms with E-state index in [4.69, 9.17) is 9.26 Å². The Bertz CT molecular complexity index is 727. The Labute approximate surface area is 161 Å². The van der Waals surface area contributed by atoms with Crippen molar-refractivity contribution in [3.8, 4) is 5.75 Å². The fourth-order valence-corrected chi connectivity index (χ4v) is 3.27. The van der Waals surface area contributed by atoms with Crippen LogP contribution in [0.1, 0.15) is 47.1 Å². The zero-order valence-corrected chi connectivity index (χ0v) is 16.5. The van der Waals surface area contributed by atoms with E-state index in [1.54, 1.807) is 0 Å². The Morgan fingerprint density at radius 3 is 2.44 bits per heavy atom. The quantitative estimate of drug-likeness (QED) is 0.698. The molecule has 27 heavy (non-hydrogen) atoms. The first kappa shape index (κ1) is 19.4. The van der Waals surface area contributed by atoms with Gasteiger partial charge in [-0.3, -0.25) is 9.69 Å². The number of rotatable bonds is 7. The van der Waals surface area contributed by atoms with Crippen molar-refractivity contribution in [3.63, 3.8) is 0 Å². The third-order valence-electron chi connectivity index (χ3n) is 5.09. The number of nitrogens with zero attached hydrogens (tertiary/aromatic N) is 3. The van der Waals surface area contributed by atoms with E-state index >= 15 is 0 Å². The Kier molecular flexibility index (Phi) is 6.50. The van der Waals surface area contributed by atoms with Gasteiger partial charge in [0.15, 0.2) is 0 Å². The molecular weight excluding hydrogens is 342 g/mol. The summed E-state index contributed by atoms with van der Waals surface area (Å²) >= 11 is 0. The van der Waals surface area contributed by atoms with Crippen molar-refractivity contribution in [1.29, 1.82) is 0 Å². The minimum absolute atomic E-state index is 0.0899. The van der Waals surface area contributed by atoms with E-state index in [1.807, 2.05) is 43.0 Å². The molecule has 6 nitrogen and oxygen atoms in total. The molecule has 0 spiro atoms. The SMILES string of the molecule is CCCCOc1ccc(C(=O)N2CCN(Cc3c(C)noc3C)CC2)cc1. The van der Waals surface area contributed by atoms with Crippen LogP contribution in [0, 0.1) is 13.8 Å². The predicted molar refractivity (Wildman–Crippen MR) is 104 cm³/mol. The number of amides is 1. The number of carbonyl (C=O) groups excluding carboxylic acids is 1. The third kappa shape index (κ3) is 4.89. The average molecular weight is 371 g/mol. The van der Waals surface area contributed by atoms with E-state index in [1.165, 1.54) is 0 Å². The highest BCUT2D eigenvalue weighted by atomic mass is 16.5. The van der Waals surface area contributed by atoms with Crippen LogP contribution in [0.2, 0.25) is 0 Å². The fourth-order valence-electron chi connectivity index (χ4n) is 3.27. The lowest BCUT2D eigenvalue weighted by Gasteiger charge is -2.34. The monoisotopic (exact) mass is 371 g/mol. The molecule has 1 fully saturated rings. The summed E-state index contributed by atoms with van der Waals surface area (Å²) in [6.07, 6.45) is 2.15. The molecule has 1 saturated heterocycles. The Hall–Kier alpha value is -2.34. The number of hydrogen-bond acceptors (Lipinski definition) is 5. The van der Waals surface area contributed by atoms with Crippen molar-refractivity contribution in [2.45, 2.75) is 40.2 Å². The van der Waals surface area contributed by atoms with E-state index < -0.39 is 0 Å². The van der Waals surface area contributed by atoms with Gasteiger partial charge in [0.25, 0.3) is 5.91 Å². The fraction of sp³-hybridized carbons (Fsp3) is 0.524. The summed E-state index contributed by atoms with van der Waals surface area (Å²) in [7, 11) is 0. The van der Waals surface area contributed by atoms with Gasteiger partial charge in [-0.05, 0) is 44.5 Å². The zero-order chi connectivity index (χ0) is 19.2. The summed E-state index contributed by atoms with van der Waals surface area (Å²) in [5.41, 5.74) is 2.83. The molecule has 0 aliphatic carbocycles. The second-order valence-electron chi connectivity index (χ2n) is 7.10. The predicted octanol–water partition coefficient (Wildman–Crippen LogP) is 3.43. The topological polar surface area (TPSA) is 58.8 Å². The molecule has 0 atom stereocenters. The van der Waals surface area contributed by atoms with Gasteiger partial charge in [-0.1, -0.05) is 18.5 Å². The Morgan fingerprint density at radius 1 is 1.15 bits per heavy atom. The molecule has 1 aliphatic rings. The first-order valence-corrected chi connectivity index (χ1v) is 9.74. The average Bonchev–Trinajstić information content (AvgIpc) is 3.01. The number of hydrogen-bond donors (Lipinski definition) is 0. The van der Waals surface area contributed by atoms with Crippen LogP contribution in [0.25, 0.3) is 0 Å². The highest BCUT2D eigenvalue weighted by Gasteiger charge is 2.23. The summed E-state index contributed by atoms with van der Waals surface area (Å²) in [5, 5.41) is 4.02. The molecule has 1 aromatic carbocycles. The molecular formula is C21H29N3O3. The van der Waals surface area contributed by atoms with Crippen LogP contribution in [-0.2, 0) is 6.54 Å². The lowest BCUT2D eigenvalue weighted by Crippen LogP contribution is -2.48. The van der Waals surface area contributed by atoms with Crippen LogP contribution in [0.5, 0.6) is 5.75 Å². The molecule has 146 valence electrons. The lowest BCUT2D eigenvalue weighted by molar-refractivity contribution is 0.0627. The van der Waals surface area contributed by atoms with Crippen molar-refractivity contribution >= 4 is 5.91 Å². The highest BCUT2D eigenvalue weighted by molar-refractivity contribution is 5.94. The number of unbranched alkanes of at least 4 members (excludes halogenated alkanes) is 1. The molecule has 1 aliphatic heterocycles. The number of benzene rings is 1. The maximum absolute atomic E-state index is 12.7. The van der Waals surface area contributed by atoms with Crippen LogP contribution in [-0.4, -0.2) is 53.6 Å². The number of aryl methyl sites for hydroxylation is 2. The van der Waals surface area contributed by atoms with Gasteiger partial charge in [-0.15, -0.1) is 0 Å². The number of aromatic nitrogens is 1. The van der Waals surface area contributed by atoms with Crippen LogP contribution in [0.15, 0.2) is 28.8 Å². The standard InChI is InChI=1S/C21H29N3O3/c1-4-5-14-26-19-8-6-18(7-9-19)21(25)24-12-10-23(11-13-24)15-20-16(2)22-27-17(20)3/h6-9H,4-5,10-15H2,1-3H3. The minimum atomic E-state index is 0.0899. The second-order valence-corrected chi connectivity index (χ2v) is 7.10. The zero-order valence-electron chi connectivity index (χ0n) is 16.5. The normalized spacial score (nSPS) is 15.1. The van der Waals surface area contributed by atoms with Gasteiger partial charge in [-0.2, -0.15) is 0 Å². The molecule has 6 heteroatoms. The van der Waals surface area contributed by atoms with Gasteiger partial charge in [0.2, 0.25) is 0 Å². The van der Waals surface area contributed by atoms with Gasteiger partial charge in [0.1, 0.15) is 11.5 Å². The van der Waals surface area contributed by atoms with Crippen LogP contribution < -0.4 is 4.74 Å². The molecule has 2 aromatic rings. The lowest BCUT2D eigenvalue weighted by atomic mass is 10.1. The molecule has 0 saturated carbocycles. The minimum Gasteiger partial charge on any atom is -0.494 e. The van der Waals surface area contributed by atoms with Gasteiger partial charge >= 0.3 is 0 Å². The first-order valence-electron chi connectivity index (χ1n) is 9.74. The van der Waals surface area contributed by atoms with Crippen LogP contribution >= 0.6 is 0 Å². The Balaban J connectivity index is 1.51. The number of carbonyl (C=O) groups is 1. The molecule has 3 rings (SSSR count). The van der Waals surface area contributed by atoms with Crippen molar-refractivity contribution in [2.24, 2.45) is 0 Å². The molecule has 1 amide bonds. The van der Waals surface area contributed by atoms with Crippen LogP contribution in [0.4, 0.5) is 0 Å². The van der Waals surface area contributed by atoms with Gasteiger partial charge < -0.3 is 14.2 Å². The molecule has 0 bridgehead atoms. The number of ether oxygens (including phenoxy) is 1. The van der Waals surface area contributed by atoms with Crippen molar-refractivity contribution in [3.05, 3.63) is 46.8 Å². The van der Waals surface area contributed by atoms with Crippen molar-refractivity contribution in [1.82, 2.24) is 15.0 Å². The summed E-state index contributed by atoms with van der Waals surface area (Å²) in [5.74, 6) is 1.80. The summed E-state index contributed by atoms with van der Waals surface area (Å²) in [6, 6.07) is 7.49. The first-order chi connectivity index (χ1) is 13.1. The highest BCUT2D eigenvalue weighted by Crippen LogP contribution is 2.18. The van der Waals surface area contributed by atoms with E-state index in [2.05, 4.69) is 17.0 Å². The van der Waals surface area contributed by atoms with Gasteiger partial charge in [0, 0.05) is 43.9 Å². The van der Waals surface area contributed by atoms with E-state index in [0.717, 1.165) is 80.5 Å². The molecule has 1 aromatic heterocycles. The second kappa shape index (κ2) is 9.04. The van der Waals surface area contributed by atoms with Crippen LogP contribution in [0.3, 0.4) is 0 Å². The Morgan fingerprint density at radius 2 is 1.85 bits per heavy atom. The third-order valence-corrected chi connectivity index (χ3v) is 5.09. The summed E-state index contributed by atoms with van der Waals surface area (Å²) < 4.78 is 10.9. The van der Waals surface area contributed by atoms with Gasteiger partial charge in [-0.25, -0.2) is 0 Å². The van der Waals surface area contributed by atoms with Gasteiger partial charge in [0.05, 0.1) is 12.3 Å². The molecule has 0 unspecified atom stereocenters. The molecule has 0 N–H and O–H groups in total. The van der Waals surface area contributed by atoms with E-state index in [-0.39, 0.29) is 5.91 Å². The van der Waals surface area contributed by atoms with E-state index in [9.17, 15) is 4.79 Å². The molecule has 2 heterocycles. The maximum atomic E-state index is 12.7. The summed E-state index contributed by atoms with van der Waals surface area (Å²) in [4.78, 5) is 17.0.